The minimum Gasteiger partial charge on any atom is -0.482 e. The van der Waals surface area contributed by atoms with E-state index < -0.39 is 0 Å². The summed E-state index contributed by atoms with van der Waals surface area (Å²) in [6.07, 6.45) is 4.77. The topological polar surface area (TPSA) is 74.8 Å². The molecule has 2 aliphatic rings. The van der Waals surface area contributed by atoms with Crippen LogP contribution in [0.3, 0.4) is 0 Å². The minimum absolute atomic E-state index is 0.00182. The van der Waals surface area contributed by atoms with Crippen LogP contribution in [0, 0.1) is 0 Å². The van der Waals surface area contributed by atoms with Gasteiger partial charge < -0.3 is 15.0 Å². The maximum Gasteiger partial charge on any atom is 0.270 e. The molecule has 0 spiro atoms. The third kappa shape index (κ3) is 5.55. The van der Waals surface area contributed by atoms with Crippen molar-refractivity contribution in [1.29, 1.82) is 0 Å². The maximum atomic E-state index is 12.7. The molecule has 33 heavy (non-hydrogen) atoms. The Balaban J connectivity index is 1.42. The summed E-state index contributed by atoms with van der Waals surface area (Å²) in [4.78, 5) is 33.9. The largest absolute Gasteiger partial charge is 0.482 e. The number of amides is 2. The molecule has 1 N–H and O–H groups in total. The molecule has 1 aromatic carbocycles. The summed E-state index contributed by atoms with van der Waals surface area (Å²) >= 11 is 1.41. The maximum absolute atomic E-state index is 12.7. The highest BCUT2D eigenvalue weighted by Gasteiger charge is 2.29. The predicted molar refractivity (Wildman–Crippen MR) is 131 cm³/mol. The van der Waals surface area contributed by atoms with Crippen LogP contribution in [0.2, 0.25) is 0 Å². The van der Waals surface area contributed by atoms with E-state index in [1.807, 2.05) is 6.07 Å². The Hall–Kier alpha value is -2.45. The van der Waals surface area contributed by atoms with E-state index in [1.54, 1.807) is 10.3 Å². The molecule has 2 aliphatic heterocycles. The van der Waals surface area contributed by atoms with Crippen molar-refractivity contribution < 1.29 is 14.3 Å². The highest BCUT2D eigenvalue weighted by atomic mass is 32.1. The van der Waals surface area contributed by atoms with Gasteiger partial charge in [-0.15, -0.1) is 11.3 Å². The summed E-state index contributed by atoms with van der Waals surface area (Å²) < 4.78 is 5.67. The fraction of sp³-hybridized carbons (Fsp3) is 0.560. The molecule has 2 aromatic rings. The fourth-order valence-corrected chi connectivity index (χ4v) is 4.99. The summed E-state index contributed by atoms with van der Waals surface area (Å²) in [5, 5.41) is 5.49. The zero-order chi connectivity index (χ0) is 23.4. The first-order chi connectivity index (χ1) is 15.9. The van der Waals surface area contributed by atoms with E-state index in [0.717, 1.165) is 36.8 Å². The van der Waals surface area contributed by atoms with Crippen molar-refractivity contribution in [2.24, 2.45) is 0 Å². The normalized spacial score (nSPS) is 16.9. The number of benzene rings is 1. The number of carbonyl (C=O) groups is 2. The lowest BCUT2D eigenvalue weighted by atomic mass is 9.82. The number of likely N-dealkylation sites (tertiary alicyclic amines) is 1. The molecule has 0 atom stereocenters. The molecular weight excluding hydrogens is 436 g/mol. The third-order valence-corrected chi connectivity index (χ3v) is 7.64. The van der Waals surface area contributed by atoms with E-state index in [4.69, 9.17) is 4.74 Å². The van der Waals surface area contributed by atoms with Crippen molar-refractivity contribution in [3.05, 3.63) is 39.8 Å². The number of nitrogens with zero attached hydrogens (tertiary/aromatic N) is 3. The Kier molecular flexibility index (Phi) is 7.34. The van der Waals surface area contributed by atoms with Gasteiger partial charge in [-0.25, -0.2) is 4.98 Å². The van der Waals surface area contributed by atoms with Gasteiger partial charge in [0.1, 0.15) is 16.5 Å². The number of aromatic nitrogens is 1. The molecular formula is C25H34N4O3S. The molecule has 4 rings (SSSR count). The van der Waals surface area contributed by atoms with Crippen molar-refractivity contribution in [3.63, 3.8) is 0 Å². The zero-order valence-electron chi connectivity index (χ0n) is 19.9. The van der Waals surface area contributed by atoms with Crippen LogP contribution in [0.4, 0.5) is 5.69 Å². The van der Waals surface area contributed by atoms with Crippen molar-refractivity contribution in [1.82, 2.24) is 15.2 Å². The van der Waals surface area contributed by atoms with Gasteiger partial charge in [-0.1, -0.05) is 33.3 Å². The molecule has 2 amide bonds. The van der Waals surface area contributed by atoms with Crippen LogP contribution in [0.1, 0.15) is 67.5 Å². The van der Waals surface area contributed by atoms with Crippen LogP contribution >= 0.6 is 11.3 Å². The van der Waals surface area contributed by atoms with Crippen molar-refractivity contribution in [2.75, 3.05) is 37.7 Å². The number of rotatable bonds is 8. The predicted octanol–water partition coefficient (Wildman–Crippen LogP) is 3.97. The molecule has 1 fully saturated rings. The number of piperidine rings is 1. The van der Waals surface area contributed by atoms with Gasteiger partial charge in [-0.3, -0.25) is 14.5 Å². The molecule has 7 nitrogen and oxygen atoms in total. The zero-order valence-corrected chi connectivity index (χ0v) is 20.7. The molecule has 0 bridgehead atoms. The van der Waals surface area contributed by atoms with Gasteiger partial charge in [0, 0.05) is 18.5 Å². The Bertz CT molecular complexity index is 997. The quantitative estimate of drug-likeness (QED) is 0.632. The lowest BCUT2D eigenvalue weighted by Gasteiger charge is -2.31. The van der Waals surface area contributed by atoms with E-state index in [-0.39, 0.29) is 23.8 Å². The Morgan fingerprint density at radius 3 is 2.79 bits per heavy atom. The van der Waals surface area contributed by atoms with Crippen molar-refractivity contribution >= 4 is 28.8 Å². The number of hydrogen-bond donors (Lipinski definition) is 1. The Morgan fingerprint density at radius 2 is 2.03 bits per heavy atom. The van der Waals surface area contributed by atoms with Crippen molar-refractivity contribution in [2.45, 2.75) is 58.4 Å². The van der Waals surface area contributed by atoms with Gasteiger partial charge in [0.05, 0.1) is 12.2 Å². The van der Waals surface area contributed by atoms with Gasteiger partial charge in [0.2, 0.25) is 0 Å². The van der Waals surface area contributed by atoms with Gasteiger partial charge in [-0.05, 0) is 55.5 Å². The summed E-state index contributed by atoms with van der Waals surface area (Å²) in [6.45, 7) is 10.6. The number of nitrogens with one attached hydrogen (secondary N) is 1. The number of fused-ring (bicyclic) bond motifs is 1. The van der Waals surface area contributed by atoms with Crippen LogP contribution in [-0.2, 0) is 16.8 Å². The first kappa shape index (κ1) is 23.7. The number of carbonyl (C=O) groups excluding carboxylic acids is 2. The van der Waals surface area contributed by atoms with E-state index >= 15 is 0 Å². The molecule has 0 saturated carbocycles. The summed E-state index contributed by atoms with van der Waals surface area (Å²) in [6, 6.07) is 6.08. The lowest BCUT2D eigenvalue weighted by Crippen LogP contribution is -2.38. The van der Waals surface area contributed by atoms with E-state index in [2.05, 4.69) is 48.1 Å². The molecule has 0 radical (unpaired) electrons. The first-order valence-electron chi connectivity index (χ1n) is 11.9. The average Bonchev–Trinajstić information content (AvgIpc) is 3.30. The smallest absolute Gasteiger partial charge is 0.270 e. The molecule has 1 aromatic heterocycles. The van der Waals surface area contributed by atoms with Crippen LogP contribution in [-0.4, -0.2) is 54.5 Å². The molecule has 8 heteroatoms. The fourth-order valence-electron chi connectivity index (χ4n) is 4.22. The molecule has 178 valence electrons. The second kappa shape index (κ2) is 10.2. The van der Waals surface area contributed by atoms with Crippen molar-refractivity contribution in [3.8, 4) is 5.75 Å². The molecule has 0 aliphatic carbocycles. The second-order valence-electron chi connectivity index (χ2n) is 9.47. The molecule has 1 saturated heterocycles. The van der Waals surface area contributed by atoms with Gasteiger partial charge in [0.25, 0.3) is 11.8 Å². The lowest BCUT2D eigenvalue weighted by molar-refractivity contribution is -0.121. The SMILES string of the molecule is CCC(C)(C)c1ccc2c(c1)N(Cc1nc(C(=O)NCCN3CCCCC3)cs1)C(=O)CO2. The number of anilines is 1. The van der Waals surface area contributed by atoms with Crippen LogP contribution in [0.15, 0.2) is 23.6 Å². The van der Waals surface area contributed by atoms with Crippen LogP contribution in [0.25, 0.3) is 0 Å². The second-order valence-corrected chi connectivity index (χ2v) is 10.4. The van der Waals surface area contributed by atoms with Crippen LogP contribution < -0.4 is 15.0 Å². The number of thiazole rings is 1. The number of ether oxygens (including phenoxy) is 1. The minimum atomic E-state index is -0.157. The van der Waals surface area contributed by atoms with Gasteiger partial charge >= 0.3 is 0 Å². The Labute approximate surface area is 200 Å². The van der Waals surface area contributed by atoms with E-state index in [1.165, 1.54) is 36.2 Å². The highest BCUT2D eigenvalue weighted by molar-refractivity contribution is 7.09. The summed E-state index contributed by atoms with van der Waals surface area (Å²) in [7, 11) is 0. The Morgan fingerprint density at radius 1 is 1.24 bits per heavy atom. The highest BCUT2D eigenvalue weighted by Crippen LogP contribution is 2.38. The van der Waals surface area contributed by atoms with E-state index in [9.17, 15) is 9.59 Å². The van der Waals surface area contributed by atoms with Gasteiger partial charge in [0.15, 0.2) is 6.61 Å². The summed E-state index contributed by atoms with van der Waals surface area (Å²) in [5.41, 5.74) is 2.35. The number of hydrogen-bond acceptors (Lipinski definition) is 6. The average molecular weight is 471 g/mol. The summed E-state index contributed by atoms with van der Waals surface area (Å²) in [5.74, 6) is 0.448. The third-order valence-electron chi connectivity index (χ3n) is 6.81. The first-order valence-corrected chi connectivity index (χ1v) is 12.8. The molecule has 3 heterocycles. The molecule has 0 unspecified atom stereocenters. The monoisotopic (exact) mass is 470 g/mol. The van der Waals surface area contributed by atoms with E-state index in [0.29, 0.717) is 24.5 Å². The van der Waals surface area contributed by atoms with Crippen LogP contribution in [0.5, 0.6) is 5.75 Å². The standard InChI is InChI=1S/C25H34N4O3S/c1-4-25(2,3)18-8-9-21-20(14-18)29(23(30)16-32-21)15-22-27-19(17-33-22)24(31)26-10-13-28-11-6-5-7-12-28/h8-9,14,17H,4-7,10-13,15-16H2,1-3H3,(H,26,31). The van der Waals surface area contributed by atoms with Gasteiger partial charge in [-0.2, -0.15) is 0 Å².